The summed E-state index contributed by atoms with van der Waals surface area (Å²) in [6, 6.07) is 6.23. The van der Waals surface area contributed by atoms with Crippen LogP contribution in [-0.2, 0) is 6.42 Å². The SMILES string of the molecule is CCCCNCCNc1ccc(NN)c(CC)c1. The van der Waals surface area contributed by atoms with E-state index in [2.05, 4.69) is 42.0 Å². The lowest BCUT2D eigenvalue weighted by Gasteiger charge is -2.12. The van der Waals surface area contributed by atoms with E-state index in [9.17, 15) is 0 Å². The molecule has 1 aromatic rings. The second kappa shape index (κ2) is 8.78. The zero-order chi connectivity index (χ0) is 13.2. The molecule has 0 unspecified atom stereocenters. The summed E-state index contributed by atoms with van der Waals surface area (Å²) >= 11 is 0. The Hall–Kier alpha value is -1.26. The van der Waals surface area contributed by atoms with Crippen molar-refractivity contribution in [1.29, 1.82) is 0 Å². The van der Waals surface area contributed by atoms with Crippen LogP contribution in [0.5, 0.6) is 0 Å². The first kappa shape index (κ1) is 14.8. The Morgan fingerprint density at radius 3 is 2.61 bits per heavy atom. The lowest BCUT2D eigenvalue weighted by atomic mass is 10.1. The van der Waals surface area contributed by atoms with Crippen molar-refractivity contribution < 1.29 is 0 Å². The van der Waals surface area contributed by atoms with Gasteiger partial charge < -0.3 is 16.1 Å². The Morgan fingerprint density at radius 2 is 1.94 bits per heavy atom. The zero-order valence-electron chi connectivity index (χ0n) is 11.6. The van der Waals surface area contributed by atoms with E-state index in [0.29, 0.717) is 0 Å². The van der Waals surface area contributed by atoms with Crippen molar-refractivity contribution in [3.63, 3.8) is 0 Å². The Balaban J connectivity index is 2.34. The van der Waals surface area contributed by atoms with Crippen LogP contribution in [0.4, 0.5) is 11.4 Å². The maximum Gasteiger partial charge on any atom is 0.0518 e. The molecule has 0 fully saturated rings. The molecule has 4 nitrogen and oxygen atoms in total. The van der Waals surface area contributed by atoms with Gasteiger partial charge in [-0.05, 0) is 43.1 Å². The van der Waals surface area contributed by atoms with Crippen LogP contribution < -0.4 is 21.9 Å². The normalized spacial score (nSPS) is 10.4. The summed E-state index contributed by atoms with van der Waals surface area (Å²) in [7, 11) is 0. The smallest absolute Gasteiger partial charge is 0.0518 e. The molecule has 0 aliphatic heterocycles. The molecule has 1 rings (SSSR count). The van der Waals surface area contributed by atoms with E-state index >= 15 is 0 Å². The summed E-state index contributed by atoms with van der Waals surface area (Å²) in [6.07, 6.45) is 3.47. The maximum absolute atomic E-state index is 5.46. The van der Waals surface area contributed by atoms with Gasteiger partial charge in [0.1, 0.15) is 0 Å². The van der Waals surface area contributed by atoms with E-state index in [0.717, 1.165) is 37.4 Å². The van der Waals surface area contributed by atoms with E-state index in [4.69, 9.17) is 5.84 Å². The number of nitrogen functional groups attached to an aromatic ring is 1. The van der Waals surface area contributed by atoms with Gasteiger partial charge in [0.15, 0.2) is 0 Å². The number of anilines is 2. The lowest BCUT2D eigenvalue weighted by molar-refractivity contribution is 0.652. The molecule has 0 aromatic heterocycles. The molecule has 0 radical (unpaired) electrons. The monoisotopic (exact) mass is 250 g/mol. The number of unbranched alkanes of at least 4 members (excludes halogenated alkanes) is 1. The van der Waals surface area contributed by atoms with E-state index in [1.54, 1.807) is 0 Å². The van der Waals surface area contributed by atoms with Crippen LogP contribution in [0.15, 0.2) is 18.2 Å². The third-order valence-corrected chi connectivity index (χ3v) is 2.98. The molecule has 0 amide bonds. The molecule has 0 aliphatic carbocycles. The predicted molar refractivity (Wildman–Crippen MR) is 79.9 cm³/mol. The summed E-state index contributed by atoms with van der Waals surface area (Å²) in [6.45, 7) is 7.39. The first-order chi connectivity index (χ1) is 8.81. The topological polar surface area (TPSA) is 62.1 Å². The molecule has 4 heteroatoms. The highest BCUT2D eigenvalue weighted by Crippen LogP contribution is 2.19. The molecule has 0 spiro atoms. The van der Waals surface area contributed by atoms with Crippen LogP contribution in [-0.4, -0.2) is 19.6 Å². The molecule has 1 aromatic carbocycles. The summed E-state index contributed by atoms with van der Waals surface area (Å²) < 4.78 is 0. The number of rotatable bonds is 9. The molecule has 0 saturated heterocycles. The fourth-order valence-electron chi connectivity index (χ4n) is 1.86. The number of nitrogens with two attached hydrogens (primary N) is 1. The van der Waals surface area contributed by atoms with Gasteiger partial charge in [0.25, 0.3) is 0 Å². The number of nitrogens with one attached hydrogen (secondary N) is 3. The van der Waals surface area contributed by atoms with Gasteiger partial charge in [-0.15, -0.1) is 0 Å². The van der Waals surface area contributed by atoms with Crippen LogP contribution in [0.25, 0.3) is 0 Å². The van der Waals surface area contributed by atoms with Crippen LogP contribution in [0, 0.1) is 0 Å². The minimum atomic E-state index is 0.947. The van der Waals surface area contributed by atoms with Crippen LogP contribution in [0.2, 0.25) is 0 Å². The second-order valence-electron chi connectivity index (χ2n) is 4.40. The van der Waals surface area contributed by atoms with Crippen molar-refractivity contribution in [2.75, 3.05) is 30.4 Å². The Bertz CT molecular complexity index is 339. The minimum Gasteiger partial charge on any atom is -0.384 e. The first-order valence-corrected chi connectivity index (χ1v) is 6.86. The molecule has 18 heavy (non-hydrogen) atoms. The van der Waals surface area contributed by atoms with Gasteiger partial charge in [0.2, 0.25) is 0 Å². The van der Waals surface area contributed by atoms with Gasteiger partial charge in [-0.2, -0.15) is 0 Å². The third-order valence-electron chi connectivity index (χ3n) is 2.98. The first-order valence-electron chi connectivity index (χ1n) is 6.86. The lowest BCUT2D eigenvalue weighted by Crippen LogP contribution is -2.23. The number of benzene rings is 1. The van der Waals surface area contributed by atoms with Crippen molar-refractivity contribution in [3.8, 4) is 0 Å². The summed E-state index contributed by atoms with van der Waals surface area (Å²) in [5.41, 5.74) is 6.12. The Labute approximate surface area is 110 Å². The largest absolute Gasteiger partial charge is 0.384 e. The number of aryl methyl sites for hydroxylation is 1. The van der Waals surface area contributed by atoms with E-state index in [-0.39, 0.29) is 0 Å². The van der Waals surface area contributed by atoms with Crippen LogP contribution in [0.1, 0.15) is 32.3 Å². The molecule has 0 saturated carbocycles. The summed E-state index contributed by atoms with van der Waals surface area (Å²) in [5, 5.41) is 6.83. The molecule has 0 aliphatic rings. The minimum absolute atomic E-state index is 0.947. The van der Waals surface area contributed by atoms with Crippen molar-refractivity contribution in [2.24, 2.45) is 5.84 Å². The van der Waals surface area contributed by atoms with E-state index in [1.807, 2.05) is 6.07 Å². The zero-order valence-corrected chi connectivity index (χ0v) is 11.6. The molecular formula is C14H26N4. The third kappa shape index (κ3) is 4.94. The fraction of sp³-hybridized carbons (Fsp3) is 0.571. The molecule has 0 atom stereocenters. The summed E-state index contributed by atoms with van der Waals surface area (Å²) in [4.78, 5) is 0. The molecule has 102 valence electrons. The predicted octanol–water partition coefficient (Wildman–Crippen LogP) is 2.34. The Kier molecular flexibility index (Phi) is 7.22. The van der Waals surface area contributed by atoms with Crippen LogP contribution in [0.3, 0.4) is 0 Å². The van der Waals surface area contributed by atoms with Crippen molar-refractivity contribution >= 4 is 11.4 Å². The summed E-state index contributed by atoms with van der Waals surface area (Å²) in [5.74, 6) is 5.46. The standard InChI is InChI=1S/C14H26N4/c1-3-5-8-16-9-10-17-13-6-7-14(18-15)12(4-2)11-13/h6-7,11,16-18H,3-5,8-10,15H2,1-2H3. The van der Waals surface area contributed by atoms with E-state index < -0.39 is 0 Å². The number of hydrogen-bond donors (Lipinski definition) is 4. The second-order valence-corrected chi connectivity index (χ2v) is 4.40. The maximum atomic E-state index is 5.46. The van der Waals surface area contributed by atoms with Gasteiger partial charge in [-0.1, -0.05) is 20.3 Å². The highest BCUT2D eigenvalue weighted by Gasteiger charge is 2.00. The van der Waals surface area contributed by atoms with Crippen molar-refractivity contribution in [2.45, 2.75) is 33.1 Å². The molecule has 0 bridgehead atoms. The van der Waals surface area contributed by atoms with Gasteiger partial charge in [0.05, 0.1) is 5.69 Å². The molecule has 0 heterocycles. The highest BCUT2D eigenvalue weighted by atomic mass is 15.2. The van der Waals surface area contributed by atoms with E-state index in [1.165, 1.54) is 18.4 Å². The van der Waals surface area contributed by atoms with Gasteiger partial charge >= 0.3 is 0 Å². The number of hydrogen-bond acceptors (Lipinski definition) is 4. The Morgan fingerprint density at radius 1 is 1.11 bits per heavy atom. The molecular weight excluding hydrogens is 224 g/mol. The van der Waals surface area contributed by atoms with Gasteiger partial charge in [-0.3, -0.25) is 5.84 Å². The average molecular weight is 250 g/mol. The van der Waals surface area contributed by atoms with Gasteiger partial charge in [-0.25, -0.2) is 0 Å². The highest BCUT2D eigenvalue weighted by molar-refractivity contribution is 5.59. The number of hydrazine groups is 1. The van der Waals surface area contributed by atoms with Crippen LogP contribution >= 0.6 is 0 Å². The molecule has 5 N–H and O–H groups in total. The van der Waals surface area contributed by atoms with Crippen molar-refractivity contribution in [1.82, 2.24) is 5.32 Å². The van der Waals surface area contributed by atoms with Gasteiger partial charge in [0, 0.05) is 18.8 Å². The quantitative estimate of drug-likeness (QED) is 0.309. The average Bonchev–Trinajstić information content (AvgIpc) is 2.42. The fourth-order valence-corrected chi connectivity index (χ4v) is 1.86. The van der Waals surface area contributed by atoms with Crippen molar-refractivity contribution in [3.05, 3.63) is 23.8 Å².